The quantitative estimate of drug-likeness (QED) is 0.545. The Kier molecular flexibility index (Phi) is 5.16. The zero-order valence-electron chi connectivity index (χ0n) is 16.0. The molecule has 6 heteroatoms. The van der Waals surface area contributed by atoms with E-state index in [0.717, 1.165) is 17.0 Å². The highest BCUT2D eigenvalue weighted by atomic mass is 16.3. The predicted molar refractivity (Wildman–Crippen MR) is 110 cm³/mol. The normalized spacial score (nSPS) is 10.8. The molecule has 1 N–H and O–H groups in total. The first-order chi connectivity index (χ1) is 14.1. The summed E-state index contributed by atoms with van der Waals surface area (Å²) in [5.74, 6) is 0.621. The lowest BCUT2D eigenvalue weighted by atomic mass is 10.1. The molecular weight excluding hydrogens is 366 g/mol. The third kappa shape index (κ3) is 4.06. The monoisotopic (exact) mass is 387 g/mol. The molecule has 0 radical (unpaired) electrons. The molecule has 0 spiro atoms. The largest absolute Gasteiger partial charge is 0.467 e. The van der Waals surface area contributed by atoms with E-state index in [1.807, 2.05) is 49.4 Å². The number of aromatic amines is 1. The lowest BCUT2D eigenvalue weighted by Gasteiger charge is -2.22. The molecular formula is C23H21N3O3. The maximum absolute atomic E-state index is 13.2. The Morgan fingerprint density at radius 3 is 2.38 bits per heavy atom. The van der Waals surface area contributed by atoms with Gasteiger partial charge in [0, 0.05) is 24.0 Å². The van der Waals surface area contributed by atoms with E-state index in [1.165, 1.54) is 0 Å². The number of carbonyl (C=O) groups excluding carboxylic acids is 1. The molecule has 0 saturated heterocycles. The molecule has 2 aromatic carbocycles. The predicted octanol–water partition coefficient (Wildman–Crippen LogP) is 3.91. The van der Waals surface area contributed by atoms with Crippen LogP contribution in [0.15, 0.2) is 88.4 Å². The lowest BCUT2D eigenvalue weighted by molar-refractivity contribution is 0.0717. The lowest BCUT2D eigenvalue weighted by Crippen LogP contribution is -2.30. The summed E-state index contributed by atoms with van der Waals surface area (Å²) in [4.78, 5) is 29.6. The average Bonchev–Trinajstić information content (AvgIpc) is 3.37. The maximum atomic E-state index is 13.2. The minimum absolute atomic E-state index is 0.102. The van der Waals surface area contributed by atoms with E-state index in [0.29, 0.717) is 24.3 Å². The van der Waals surface area contributed by atoms with Crippen molar-refractivity contribution in [2.45, 2.75) is 20.0 Å². The number of rotatable bonds is 6. The van der Waals surface area contributed by atoms with Crippen LogP contribution >= 0.6 is 0 Å². The highest BCUT2D eigenvalue weighted by Gasteiger charge is 2.18. The van der Waals surface area contributed by atoms with E-state index in [2.05, 4.69) is 4.98 Å². The van der Waals surface area contributed by atoms with Crippen LogP contribution in [0.4, 0.5) is 0 Å². The number of imidazole rings is 1. The molecule has 0 bridgehead atoms. The van der Waals surface area contributed by atoms with Crippen molar-refractivity contribution in [1.29, 1.82) is 0 Å². The van der Waals surface area contributed by atoms with Gasteiger partial charge in [-0.25, -0.2) is 4.79 Å². The van der Waals surface area contributed by atoms with Gasteiger partial charge in [0.05, 0.1) is 18.5 Å². The number of hydrogen-bond donors (Lipinski definition) is 1. The molecule has 0 aliphatic heterocycles. The Hall–Kier alpha value is -3.80. The molecule has 4 aromatic rings. The molecule has 0 aliphatic carbocycles. The fourth-order valence-corrected chi connectivity index (χ4v) is 3.31. The van der Waals surface area contributed by atoms with Crippen LogP contribution in [-0.4, -0.2) is 20.4 Å². The van der Waals surface area contributed by atoms with Crippen molar-refractivity contribution in [3.8, 4) is 5.69 Å². The standard InChI is InChI=1S/C23H21N3O3/c1-17-14-24-23(28)26(17)20-11-9-19(10-12-20)22(27)25(16-21-8-5-13-29-21)15-18-6-3-2-4-7-18/h2-14H,15-16H2,1H3,(H,24,28). The number of nitrogens with one attached hydrogen (secondary N) is 1. The van der Waals surface area contributed by atoms with Gasteiger partial charge < -0.3 is 14.3 Å². The van der Waals surface area contributed by atoms with Crippen LogP contribution in [0.3, 0.4) is 0 Å². The van der Waals surface area contributed by atoms with E-state index >= 15 is 0 Å². The van der Waals surface area contributed by atoms with Gasteiger partial charge in [-0.05, 0) is 48.9 Å². The summed E-state index contributed by atoms with van der Waals surface area (Å²) in [6, 6.07) is 20.6. The molecule has 0 fully saturated rings. The van der Waals surface area contributed by atoms with E-state index in [9.17, 15) is 9.59 Å². The molecule has 29 heavy (non-hydrogen) atoms. The summed E-state index contributed by atoms with van der Waals surface area (Å²) in [6.45, 7) is 2.69. The van der Waals surface area contributed by atoms with Gasteiger partial charge in [-0.1, -0.05) is 30.3 Å². The van der Waals surface area contributed by atoms with Crippen LogP contribution < -0.4 is 5.69 Å². The van der Waals surface area contributed by atoms with Crippen molar-refractivity contribution in [3.05, 3.63) is 112 Å². The van der Waals surface area contributed by atoms with Gasteiger partial charge in [0.15, 0.2) is 0 Å². The first-order valence-corrected chi connectivity index (χ1v) is 9.35. The maximum Gasteiger partial charge on any atom is 0.330 e. The molecule has 146 valence electrons. The van der Waals surface area contributed by atoms with Gasteiger partial charge in [-0.15, -0.1) is 0 Å². The van der Waals surface area contributed by atoms with Crippen LogP contribution in [-0.2, 0) is 13.1 Å². The first-order valence-electron chi connectivity index (χ1n) is 9.35. The van der Waals surface area contributed by atoms with Crippen molar-refractivity contribution < 1.29 is 9.21 Å². The fraction of sp³-hybridized carbons (Fsp3) is 0.130. The van der Waals surface area contributed by atoms with Crippen molar-refractivity contribution in [1.82, 2.24) is 14.5 Å². The van der Waals surface area contributed by atoms with Gasteiger partial charge in [-0.2, -0.15) is 0 Å². The van der Waals surface area contributed by atoms with Crippen molar-refractivity contribution >= 4 is 5.91 Å². The number of aromatic nitrogens is 2. The second-order valence-corrected chi connectivity index (χ2v) is 6.84. The molecule has 2 heterocycles. The average molecular weight is 387 g/mol. The highest BCUT2D eigenvalue weighted by molar-refractivity contribution is 5.94. The number of amides is 1. The Morgan fingerprint density at radius 1 is 1.00 bits per heavy atom. The molecule has 0 atom stereocenters. The van der Waals surface area contributed by atoms with Crippen LogP contribution in [0.1, 0.15) is 27.4 Å². The number of nitrogens with zero attached hydrogens (tertiary/aromatic N) is 2. The van der Waals surface area contributed by atoms with E-state index in [1.54, 1.807) is 46.2 Å². The summed E-state index contributed by atoms with van der Waals surface area (Å²) < 4.78 is 7.02. The zero-order chi connectivity index (χ0) is 20.2. The summed E-state index contributed by atoms with van der Waals surface area (Å²) >= 11 is 0. The van der Waals surface area contributed by atoms with Crippen LogP contribution in [0, 0.1) is 6.92 Å². The van der Waals surface area contributed by atoms with Crippen LogP contribution in [0.25, 0.3) is 5.69 Å². The van der Waals surface area contributed by atoms with Gasteiger partial charge >= 0.3 is 5.69 Å². The number of H-pyrrole nitrogens is 1. The number of furan rings is 1. The molecule has 1 amide bonds. The Labute approximate surface area is 168 Å². The summed E-state index contributed by atoms with van der Waals surface area (Å²) in [6.07, 6.45) is 3.26. The second-order valence-electron chi connectivity index (χ2n) is 6.84. The third-order valence-electron chi connectivity index (χ3n) is 4.76. The van der Waals surface area contributed by atoms with Crippen molar-refractivity contribution in [3.63, 3.8) is 0 Å². The van der Waals surface area contributed by atoms with E-state index < -0.39 is 0 Å². The molecule has 0 unspecified atom stereocenters. The Morgan fingerprint density at radius 2 is 1.76 bits per heavy atom. The fourth-order valence-electron chi connectivity index (χ4n) is 3.31. The van der Waals surface area contributed by atoms with Gasteiger partial charge in [0.1, 0.15) is 5.76 Å². The van der Waals surface area contributed by atoms with E-state index in [4.69, 9.17) is 4.42 Å². The number of aryl methyl sites for hydroxylation is 1. The van der Waals surface area contributed by atoms with Gasteiger partial charge in [0.2, 0.25) is 0 Å². The summed E-state index contributed by atoms with van der Waals surface area (Å²) in [7, 11) is 0. The van der Waals surface area contributed by atoms with Gasteiger partial charge in [0.25, 0.3) is 5.91 Å². The highest BCUT2D eigenvalue weighted by Crippen LogP contribution is 2.16. The topological polar surface area (TPSA) is 71.2 Å². The van der Waals surface area contributed by atoms with Crippen LogP contribution in [0.5, 0.6) is 0 Å². The SMILES string of the molecule is Cc1c[nH]c(=O)n1-c1ccc(C(=O)N(Cc2ccccc2)Cc2ccco2)cc1. The van der Waals surface area contributed by atoms with Crippen LogP contribution in [0.2, 0.25) is 0 Å². The van der Waals surface area contributed by atoms with Crippen molar-refractivity contribution in [2.24, 2.45) is 0 Å². The van der Waals surface area contributed by atoms with Gasteiger partial charge in [-0.3, -0.25) is 9.36 Å². The molecule has 0 aliphatic rings. The summed E-state index contributed by atoms with van der Waals surface area (Å²) in [5, 5.41) is 0. The zero-order valence-corrected chi connectivity index (χ0v) is 16.0. The molecule has 2 aromatic heterocycles. The number of benzene rings is 2. The minimum atomic E-state index is -0.204. The summed E-state index contributed by atoms with van der Waals surface area (Å²) in [5.41, 5.74) is 2.91. The molecule has 0 saturated carbocycles. The molecule has 4 rings (SSSR count). The van der Waals surface area contributed by atoms with E-state index in [-0.39, 0.29) is 11.6 Å². The Bertz CT molecular complexity index is 1140. The third-order valence-corrected chi connectivity index (χ3v) is 4.76. The number of hydrogen-bond acceptors (Lipinski definition) is 3. The van der Waals surface area contributed by atoms with Crippen molar-refractivity contribution in [2.75, 3.05) is 0 Å². The minimum Gasteiger partial charge on any atom is -0.467 e. The Balaban J connectivity index is 1.60. The second kappa shape index (κ2) is 8.06. The first kappa shape index (κ1) is 18.6. The molecule has 6 nitrogen and oxygen atoms in total. The smallest absolute Gasteiger partial charge is 0.330 e. The number of carbonyl (C=O) groups is 1.